The first-order valence-electron chi connectivity index (χ1n) is 7.03. The summed E-state index contributed by atoms with van der Waals surface area (Å²) in [4.78, 5) is 0. The third-order valence-corrected chi connectivity index (χ3v) is 3.61. The topological polar surface area (TPSA) is 243 Å². The van der Waals surface area contributed by atoms with E-state index in [4.69, 9.17) is 61.3 Å². The van der Waals surface area contributed by atoms with Crippen LogP contribution >= 0.6 is 0 Å². The average molecular weight is 362 g/mol. The number of hydrogen-bond donors (Lipinski definition) is 12. The van der Waals surface area contributed by atoms with Crippen LogP contribution in [-0.4, -0.2) is 136 Å². The Bertz CT molecular complexity index is 263. The predicted molar refractivity (Wildman–Crippen MR) is 74.2 cm³/mol. The van der Waals surface area contributed by atoms with Crippen molar-refractivity contribution in [2.75, 3.05) is 13.2 Å². The van der Waals surface area contributed by atoms with Crippen molar-refractivity contribution in [1.29, 1.82) is 0 Å². The summed E-state index contributed by atoms with van der Waals surface area (Å²) in [7, 11) is 0. The maximum atomic E-state index is 8.97. The van der Waals surface area contributed by atoms with E-state index in [1.165, 1.54) is 0 Å². The van der Waals surface area contributed by atoms with Gasteiger partial charge in [-0.3, -0.25) is 0 Å². The van der Waals surface area contributed by atoms with E-state index in [2.05, 4.69) is 0 Å². The zero-order chi connectivity index (χ0) is 19.2. The van der Waals surface area contributed by atoms with Gasteiger partial charge in [-0.25, -0.2) is 0 Å². The minimum atomic E-state index is -1.67. The summed E-state index contributed by atoms with van der Waals surface area (Å²) in [5.74, 6) is 0. The predicted octanol–water partition coefficient (Wildman–Crippen LogP) is -7.42. The third-order valence-electron chi connectivity index (χ3n) is 3.61. The molecule has 0 amide bonds. The molecule has 1 saturated carbocycles. The molecule has 0 aromatic carbocycles. The smallest absolute Gasteiger partial charge is 0.111 e. The number of rotatable bonds is 5. The Balaban J connectivity index is 0.000000441. The maximum Gasteiger partial charge on any atom is 0.111 e. The number of hydrogen-bond acceptors (Lipinski definition) is 12. The van der Waals surface area contributed by atoms with Crippen molar-refractivity contribution < 1.29 is 61.3 Å². The van der Waals surface area contributed by atoms with Crippen molar-refractivity contribution >= 4 is 0 Å². The highest BCUT2D eigenvalue weighted by atomic mass is 16.4. The molecule has 24 heavy (non-hydrogen) atoms. The quantitative estimate of drug-likeness (QED) is 0.218. The molecular formula is C12H26O12. The molecule has 12 N–H and O–H groups in total. The highest BCUT2D eigenvalue weighted by Gasteiger charge is 2.47. The van der Waals surface area contributed by atoms with Gasteiger partial charge in [-0.15, -0.1) is 0 Å². The molecule has 1 aliphatic rings. The molecule has 4 atom stereocenters. The third kappa shape index (κ3) is 5.80. The Morgan fingerprint density at radius 3 is 0.750 bits per heavy atom. The van der Waals surface area contributed by atoms with Gasteiger partial charge in [-0.05, 0) is 0 Å². The molecule has 0 aromatic heterocycles. The second kappa shape index (κ2) is 10.5. The lowest BCUT2D eigenvalue weighted by Gasteiger charge is -2.39. The van der Waals surface area contributed by atoms with Gasteiger partial charge in [0.15, 0.2) is 0 Å². The summed E-state index contributed by atoms with van der Waals surface area (Å²) < 4.78 is 0. The highest BCUT2D eigenvalue weighted by molar-refractivity contribution is 4.98. The fourth-order valence-corrected chi connectivity index (χ4v) is 1.88. The summed E-state index contributed by atoms with van der Waals surface area (Å²) in [5, 5.41) is 106. The molecule has 0 saturated heterocycles. The van der Waals surface area contributed by atoms with Gasteiger partial charge in [0.1, 0.15) is 61.0 Å². The van der Waals surface area contributed by atoms with Gasteiger partial charge in [0.05, 0.1) is 13.2 Å². The van der Waals surface area contributed by atoms with Crippen molar-refractivity contribution in [2.45, 2.75) is 61.0 Å². The largest absolute Gasteiger partial charge is 0.394 e. The second-order valence-electron chi connectivity index (χ2n) is 5.42. The molecule has 0 bridgehead atoms. The van der Waals surface area contributed by atoms with Crippen LogP contribution in [0.1, 0.15) is 0 Å². The summed E-state index contributed by atoms with van der Waals surface area (Å²) in [6.45, 7) is -1.45. The van der Waals surface area contributed by atoms with Crippen LogP contribution in [0.4, 0.5) is 0 Å². The highest BCUT2D eigenvalue weighted by Crippen LogP contribution is 2.20. The second-order valence-corrected chi connectivity index (χ2v) is 5.42. The van der Waals surface area contributed by atoms with Crippen LogP contribution in [0.25, 0.3) is 0 Å². The molecule has 146 valence electrons. The molecule has 12 nitrogen and oxygen atoms in total. The van der Waals surface area contributed by atoms with Crippen LogP contribution in [0.5, 0.6) is 0 Å². The van der Waals surface area contributed by atoms with Gasteiger partial charge in [-0.2, -0.15) is 0 Å². The standard InChI is InChI=1S/C6H12O6.C6H14O6/c7-1-2(8)4(10)6(12)5(11)3(1)9;7-1-3(9)5(11)6(12)4(10)2-8/h1-12H;3-12H,1-2H2/t1-,2-,3-,4+,5-,6-;3-,4+,5+,6-. The van der Waals surface area contributed by atoms with Gasteiger partial charge in [0.2, 0.25) is 0 Å². The fourth-order valence-electron chi connectivity index (χ4n) is 1.88. The monoisotopic (exact) mass is 362 g/mol. The Kier molecular flexibility index (Phi) is 10.3. The summed E-state index contributed by atoms with van der Waals surface area (Å²) in [6, 6.07) is 0. The molecule has 0 heterocycles. The molecule has 0 aromatic rings. The van der Waals surface area contributed by atoms with Crippen LogP contribution in [0, 0.1) is 0 Å². The molecule has 12 heteroatoms. The Labute approximate surface area is 136 Å². The van der Waals surface area contributed by atoms with Crippen molar-refractivity contribution in [3.05, 3.63) is 0 Å². The van der Waals surface area contributed by atoms with E-state index in [0.29, 0.717) is 0 Å². The van der Waals surface area contributed by atoms with E-state index in [1.54, 1.807) is 0 Å². The number of aliphatic hydroxyl groups is 12. The first-order chi connectivity index (χ1) is 11.0. The van der Waals surface area contributed by atoms with E-state index >= 15 is 0 Å². The Morgan fingerprint density at radius 2 is 0.625 bits per heavy atom. The van der Waals surface area contributed by atoms with Gasteiger partial charge >= 0.3 is 0 Å². The Hall–Kier alpha value is -0.480. The first-order valence-corrected chi connectivity index (χ1v) is 7.03. The van der Waals surface area contributed by atoms with E-state index in [-0.39, 0.29) is 0 Å². The van der Waals surface area contributed by atoms with Gasteiger partial charge in [0.25, 0.3) is 0 Å². The molecule has 0 spiro atoms. The molecule has 1 aliphatic carbocycles. The van der Waals surface area contributed by atoms with E-state index in [0.717, 1.165) is 0 Å². The van der Waals surface area contributed by atoms with Crippen LogP contribution in [-0.2, 0) is 0 Å². The molecule has 1 fully saturated rings. The minimum absolute atomic E-state index is 0.726. The van der Waals surface area contributed by atoms with Crippen molar-refractivity contribution in [3.8, 4) is 0 Å². The normalized spacial score (nSPS) is 38.5. The van der Waals surface area contributed by atoms with Crippen molar-refractivity contribution in [2.24, 2.45) is 0 Å². The first kappa shape index (κ1) is 23.5. The SMILES string of the molecule is OC[C@@H](O)[C@H](O)[C@H](O)[C@@H](O)CO.O[C@H]1[C@H](O)[C@@H](O)[C@H](O)[C@@H](O)[C@H]1O. The molecule has 0 aliphatic heterocycles. The molecule has 0 unspecified atom stereocenters. The molecule has 0 radical (unpaired) electrons. The molecular weight excluding hydrogens is 336 g/mol. The zero-order valence-electron chi connectivity index (χ0n) is 12.6. The summed E-state index contributed by atoms with van der Waals surface area (Å²) in [5.41, 5.74) is 0. The lowest BCUT2D eigenvalue weighted by atomic mass is 9.85. The van der Waals surface area contributed by atoms with Crippen LogP contribution in [0.15, 0.2) is 0 Å². The van der Waals surface area contributed by atoms with Crippen LogP contribution < -0.4 is 0 Å². The lowest BCUT2D eigenvalue weighted by Crippen LogP contribution is -2.63. The van der Waals surface area contributed by atoms with E-state index < -0.39 is 74.3 Å². The summed E-state index contributed by atoms with van der Waals surface area (Å²) >= 11 is 0. The Morgan fingerprint density at radius 1 is 0.458 bits per heavy atom. The number of aliphatic hydroxyl groups excluding tert-OH is 12. The average Bonchev–Trinajstić information content (AvgIpc) is 2.60. The minimum Gasteiger partial charge on any atom is -0.394 e. The van der Waals surface area contributed by atoms with Crippen LogP contribution in [0.2, 0.25) is 0 Å². The van der Waals surface area contributed by atoms with E-state index in [1.807, 2.05) is 0 Å². The van der Waals surface area contributed by atoms with Crippen molar-refractivity contribution in [1.82, 2.24) is 0 Å². The fraction of sp³-hybridized carbons (Fsp3) is 1.00. The van der Waals surface area contributed by atoms with Gasteiger partial charge < -0.3 is 61.3 Å². The maximum absolute atomic E-state index is 8.97. The molecule has 1 rings (SSSR count). The van der Waals surface area contributed by atoms with Gasteiger partial charge in [-0.1, -0.05) is 0 Å². The van der Waals surface area contributed by atoms with Crippen molar-refractivity contribution in [3.63, 3.8) is 0 Å². The summed E-state index contributed by atoms with van der Waals surface area (Å²) in [6.07, 6.45) is -16.2. The van der Waals surface area contributed by atoms with E-state index in [9.17, 15) is 0 Å². The zero-order valence-corrected chi connectivity index (χ0v) is 12.6. The lowest BCUT2D eigenvalue weighted by molar-refractivity contribution is -0.223. The van der Waals surface area contributed by atoms with Gasteiger partial charge in [0, 0.05) is 0 Å². The van der Waals surface area contributed by atoms with Crippen LogP contribution in [0.3, 0.4) is 0 Å².